The van der Waals surface area contributed by atoms with E-state index in [-0.39, 0.29) is 17.8 Å². The molecule has 33 heavy (non-hydrogen) atoms. The van der Waals surface area contributed by atoms with Gasteiger partial charge in [0.2, 0.25) is 12.0 Å². The lowest BCUT2D eigenvalue weighted by Crippen LogP contribution is -2.60. The molecule has 178 valence electrons. The number of hydrogen-bond donors (Lipinski definition) is 4. The molecule has 10 nitrogen and oxygen atoms in total. The Morgan fingerprint density at radius 2 is 1.76 bits per heavy atom. The number of aliphatic hydroxyl groups excluding tert-OH is 4. The van der Waals surface area contributed by atoms with Crippen LogP contribution in [0.25, 0.3) is 0 Å². The van der Waals surface area contributed by atoms with Crippen molar-refractivity contribution in [3.63, 3.8) is 0 Å². The van der Waals surface area contributed by atoms with Gasteiger partial charge in [0, 0.05) is 17.2 Å². The van der Waals surface area contributed by atoms with Crippen LogP contribution < -0.4 is 23.7 Å². The van der Waals surface area contributed by atoms with Crippen molar-refractivity contribution in [1.29, 1.82) is 0 Å². The van der Waals surface area contributed by atoms with E-state index in [1.165, 1.54) is 7.11 Å². The van der Waals surface area contributed by atoms with Crippen molar-refractivity contribution in [3.8, 4) is 28.7 Å². The minimum absolute atomic E-state index is 0.107. The number of hydrogen-bond acceptors (Lipinski definition) is 10. The van der Waals surface area contributed by atoms with E-state index in [4.69, 9.17) is 28.4 Å². The summed E-state index contributed by atoms with van der Waals surface area (Å²) in [6.07, 6.45) is -7.43. The third-order valence-corrected chi connectivity index (χ3v) is 6.36. The van der Waals surface area contributed by atoms with Gasteiger partial charge in [-0.05, 0) is 18.2 Å². The second-order valence-corrected chi connectivity index (χ2v) is 8.19. The molecule has 3 aliphatic heterocycles. The van der Waals surface area contributed by atoms with Crippen molar-refractivity contribution in [2.75, 3.05) is 27.4 Å². The molecule has 0 radical (unpaired) electrons. The lowest BCUT2D eigenvalue weighted by Gasteiger charge is -2.39. The number of methoxy groups -OCH3 is 2. The largest absolute Gasteiger partial charge is 0.497 e. The monoisotopic (exact) mass is 462 g/mol. The van der Waals surface area contributed by atoms with Gasteiger partial charge in [0.1, 0.15) is 42.0 Å². The molecule has 0 aromatic heterocycles. The van der Waals surface area contributed by atoms with E-state index in [0.29, 0.717) is 29.6 Å². The molecule has 0 spiro atoms. The Hall–Kier alpha value is -2.76. The van der Waals surface area contributed by atoms with E-state index < -0.39 is 37.3 Å². The van der Waals surface area contributed by atoms with Gasteiger partial charge in [0.15, 0.2) is 11.5 Å². The molecule has 0 bridgehead atoms. The summed E-state index contributed by atoms with van der Waals surface area (Å²) in [4.78, 5) is 0. The molecule has 4 N–H and O–H groups in total. The van der Waals surface area contributed by atoms with Gasteiger partial charge >= 0.3 is 0 Å². The molecule has 3 heterocycles. The van der Waals surface area contributed by atoms with Crippen molar-refractivity contribution >= 4 is 0 Å². The topological polar surface area (TPSA) is 136 Å². The minimum Gasteiger partial charge on any atom is -0.497 e. The average Bonchev–Trinajstić information content (AvgIpc) is 3.23. The average molecular weight is 462 g/mol. The molecule has 7 atom stereocenters. The van der Waals surface area contributed by atoms with Gasteiger partial charge in [-0.2, -0.15) is 0 Å². The van der Waals surface area contributed by atoms with Crippen LogP contribution in [0.3, 0.4) is 0 Å². The molecular formula is C23H26O10. The molecule has 0 amide bonds. The molecule has 1 saturated heterocycles. The van der Waals surface area contributed by atoms with Crippen LogP contribution >= 0.6 is 0 Å². The maximum Gasteiger partial charge on any atom is 0.229 e. The van der Waals surface area contributed by atoms with Gasteiger partial charge < -0.3 is 48.8 Å². The third kappa shape index (κ3) is 3.54. The number of ether oxygens (including phenoxy) is 6. The molecular weight excluding hydrogens is 436 g/mol. The Bertz CT molecular complexity index is 1020. The fourth-order valence-electron chi connectivity index (χ4n) is 4.54. The van der Waals surface area contributed by atoms with Gasteiger partial charge in [-0.15, -0.1) is 0 Å². The first-order valence-corrected chi connectivity index (χ1v) is 10.6. The number of rotatable bonds is 5. The van der Waals surface area contributed by atoms with Crippen LogP contribution in [-0.2, 0) is 4.74 Å². The van der Waals surface area contributed by atoms with Gasteiger partial charge in [0.25, 0.3) is 0 Å². The smallest absolute Gasteiger partial charge is 0.229 e. The first-order valence-electron chi connectivity index (χ1n) is 10.6. The van der Waals surface area contributed by atoms with Crippen molar-refractivity contribution in [2.45, 2.75) is 42.7 Å². The molecule has 5 rings (SSSR count). The Balaban J connectivity index is 1.49. The number of benzene rings is 2. The molecule has 3 aliphatic rings. The number of fused-ring (bicyclic) bond motifs is 5. The highest BCUT2D eigenvalue weighted by Gasteiger charge is 2.47. The summed E-state index contributed by atoms with van der Waals surface area (Å²) in [5.41, 5.74) is 1.70. The zero-order valence-corrected chi connectivity index (χ0v) is 18.1. The van der Waals surface area contributed by atoms with E-state index in [0.717, 1.165) is 11.1 Å². The van der Waals surface area contributed by atoms with Gasteiger partial charge in [-0.3, -0.25) is 0 Å². The normalized spacial score (nSPS) is 32.0. The zero-order chi connectivity index (χ0) is 23.3. The van der Waals surface area contributed by atoms with E-state index >= 15 is 0 Å². The summed E-state index contributed by atoms with van der Waals surface area (Å²) in [7, 11) is 3.05. The Morgan fingerprint density at radius 1 is 0.970 bits per heavy atom. The molecule has 2 aromatic rings. The van der Waals surface area contributed by atoms with Crippen LogP contribution in [0.15, 0.2) is 30.3 Å². The quantitative estimate of drug-likeness (QED) is 0.497. The van der Waals surface area contributed by atoms with E-state index in [1.54, 1.807) is 13.2 Å². The highest BCUT2D eigenvalue weighted by atomic mass is 16.7. The van der Waals surface area contributed by atoms with Gasteiger partial charge in [-0.1, -0.05) is 6.07 Å². The lowest BCUT2D eigenvalue weighted by atomic mass is 9.89. The van der Waals surface area contributed by atoms with Crippen molar-refractivity contribution < 1.29 is 48.8 Å². The molecule has 2 unspecified atom stereocenters. The van der Waals surface area contributed by atoms with Crippen LogP contribution in [0.1, 0.15) is 23.1 Å². The first kappa shape index (κ1) is 22.1. The van der Waals surface area contributed by atoms with Crippen LogP contribution in [0.4, 0.5) is 0 Å². The van der Waals surface area contributed by atoms with E-state index in [9.17, 15) is 20.4 Å². The summed E-state index contributed by atoms with van der Waals surface area (Å²) in [6, 6.07) is 9.13. The lowest BCUT2D eigenvalue weighted by molar-refractivity contribution is -0.277. The highest BCUT2D eigenvalue weighted by Crippen LogP contribution is 2.56. The molecule has 2 aromatic carbocycles. The predicted octanol–water partition coefficient (Wildman–Crippen LogP) is 0.492. The van der Waals surface area contributed by atoms with E-state index in [2.05, 4.69) is 0 Å². The van der Waals surface area contributed by atoms with Gasteiger partial charge in [-0.25, -0.2) is 0 Å². The minimum atomic E-state index is -1.57. The molecule has 0 saturated carbocycles. The maximum atomic E-state index is 10.4. The van der Waals surface area contributed by atoms with Crippen LogP contribution in [0, 0.1) is 0 Å². The Labute approximate surface area is 189 Å². The molecule has 0 aliphatic carbocycles. The van der Waals surface area contributed by atoms with Crippen molar-refractivity contribution in [2.24, 2.45) is 0 Å². The second kappa shape index (κ2) is 8.54. The summed E-state index contributed by atoms with van der Waals surface area (Å²) in [5.74, 6) is 2.17. The Morgan fingerprint density at radius 3 is 2.48 bits per heavy atom. The van der Waals surface area contributed by atoms with Crippen LogP contribution in [0.5, 0.6) is 28.7 Å². The summed E-state index contributed by atoms with van der Waals surface area (Å²) in [6.45, 7) is -0.184. The fourth-order valence-corrected chi connectivity index (χ4v) is 4.54. The Kier molecular flexibility index (Phi) is 5.71. The molecule has 10 heteroatoms. The summed E-state index contributed by atoms with van der Waals surface area (Å²) < 4.78 is 34.5. The van der Waals surface area contributed by atoms with Crippen molar-refractivity contribution in [3.05, 3.63) is 41.5 Å². The standard InChI is InChI=1S/C23H26O10/c1-28-10-3-4-12-15(7-10)30-9-13-11-5-6-14(29-2)22(21(11)32-20(12)13)33-23-19(27)18(26)17(25)16(8-24)31-23/h3-7,13,16-20,23-27H,8-9H2,1-2H3/t13?,16-,17-,18+,19-,20?,23+/m1/s1. The SMILES string of the molecule is COc1ccc2c(c1)OCC1c3ccc(OC)c(O[C@@H]4O[C@H](CO)[C@@H](O)[C@H](O)[C@H]4O)c3OC21. The first-order chi connectivity index (χ1) is 16.0. The van der Waals surface area contributed by atoms with Crippen molar-refractivity contribution in [1.82, 2.24) is 0 Å². The van der Waals surface area contributed by atoms with E-state index in [1.807, 2.05) is 24.3 Å². The summed E-state index contributed by atoms with van der Waals surface area (Å²) in [5, 5.41) is 40.1. The zero-order valence-electron chi connectivity index (χ0n) is 18.1. The van der Waals surface area contributed by atoms with Gasteiger partial charge in [0.05, 0.1) is 33.4 Å². The number of aliphatic hydroxyl groups is 4. The predicted molar refractivity (Wildman–Crippen MR) is 112 cm³/mol. The van der Waals surface area contributed by atoms with Crippen LogP contribution in [-0.4, -0.2) is 78.6 Å². The maximum absolute atomic E-state index is 10.4. The second-order valence-electron chi connectivity index (χ2n) is 8.19. The molecule has 1 fully saturated rings. The fraction of sp³-hybridized carbons (Fsp3) is 0.478. The third-order valence-electron chi connectivity index (χ3n) is 6.36. The highest BCUT2D eigenvalue weighted by molar-refractivity contribution is 5.61. The summed E-state index contributed by atoms with van der Waals surface area (Å²) >= 11 is 0. The van der Waals surface area contributed by atoms with Crippen LogP contribution in [0.2, 0.25) is 0 Å².